The summed E-state index contributed by atoms with van der Waals surface area (Å²) >= 11 is 0. The van der Waals surface area contributed by atoms with Gasteiger partial charge in [-0.05, 0) is 44.5 Å². The van der Waals surface area contributed by atoms with Crippen molar-refractivity contribution >= 4 is 28.5 Å². The number of hydrogen-bond acceptors (Lipinski definition) is 7. The van der Waals surface area contributed by atoms with Gasteiger partial charge in [0.25, 0.3) is 5.91 Å². The van der Waals surface area contributed by atoms with Crippen molar-refractivity contribution in [2.75, 3.05) is 19.5 Å². The zero-order valence-corrected chi connectivity index (χ0v) is 22.9. The number of nitrogens with zero attached hydrogens (tertiary/aromatic N) is 2. The van der Waals surface area contributed by atoms with E-state index in [4.69, 9.17) is 19.2 Å². The molecule has 1 amide bonds. The van der Waals surface area contributed by atoms with Crippen LogP contribution in [0, 0.1) is 13.8 Å². The largest absolute Gasteiger partial charge is 0.490 e. The molecule has 2 heterocycles. The van der Waals surface area contributed by atoms with Gasteiger partial charge in [-0.1, -0.05) is 36.4 Å². The summed E-state index contributed by atoms with van der Waals surface area (Å²) in [6, 6.07) is 16.7. The summed E-state index contributed by atoms with van der Waals surface area (Å²) in [7, 11) is 2.95. The number of carboxylic acid groups (broad SMARTS) is 1. The van der Waals surface area contributed by atoms with Crippen LogP contribution >= 0.6 is 0 Å². The topological polar surface area (TPSA) is 122 Å². The maximum atomic E-state index is 13.3. The fourth-order valence-corrected chi connectivity index (χ4v) is 3.99. The van der Waals surface area contributed by atoms with Gasteiger partial charge in [0.2, 0.25) is 0 Å². The third-order valence-electron chi connectivity index (χ3n) is 6.08. The molecule has 0 bridgehead atoms. The molecule has 4 aromatic rings. The third-order valence-corrected chi connectivity index (χ3v) is 6.08. The third kappa shape index (κ3) is 7.09. The average Bonchev–Trinajstić information content (AvgIpc) is 2.94. The van der Waals surface area contributed by atoms with Crippen molar-refractivity contribution in [3.63, 3.8) is 0 Å². The van der Waals surface area contributed by atoms with Crippen molar-refractivity contribution in [1.82, 2.24) is 10.0 Å². The molecule has 1 unspecified atom stereocenters. The van der Waals surface area contributed by atoms with E-state index in [-0.39, 0.29) is 23.1 Å². The van der Waals surface area contributed by atoms with E-state index in [1.165, 1.54) is 14.2 Å². The normalized spacial score (nSPS) is 11.8. The SMILES string of the molecule is CON(C)C(=O)c1ncccc1NC(C)c1cc(C)cc2c(=O)c(C)c(-c3ccccc3)oc12.O=C(O)C(F)(F)F. The van der Waals surface area contributed by atoms with Crippen molar-refractivity contribution in [2.24, 2.45) is 0 Å². The van der Waals surface area contributed by atoms with Gasteiger partial charge in [-0.2, -0.15) is 13.2 Å². The molecule has 216 valence electrons. The van der Waals surface area contributed by atoms with Crippen LogP contribution in [0.4, 0.5) is 18.9 Å². The predicted molar refractivity (Wildman–Crippen MR) is 146 cm³/mol. The van der Waals surface area contributed by atoms with Gasteiger partial charge in [-0.15, -0.1) is 0 Å². The van der Waals surface area contributed by atoms with Crippen molar-refractivity contribution in [3.05, 3.63) is 93.4 Å². The molecule has 2 aromatic heterocycles. The van der Waals surface area contributed by atoms with Crippen molar-refractivity contribution in [2.45, 2.75) is 33.0 Å². The zero-order valence-electron chi connectivity index (χ0n) is 22.9. The number of nitrogens with one attached hydrogen (secondary N) is 1. The van der Waals surface area contributed by atoms with Gasteiger partial charge in [0.1, 0.15) is 11.3 Å². The van der Waals surface area contributed by atoms with E-state index in [9.17, 15) is 22.8 Å². The Hall–Kier alpha value is -4.71. The van der Waals surface area contributed by atoms with Crippen molar-refractivity contribution in [3.8, 4) is 11.3 Å². The van der Waals surface area contributed by atoms with E-state index in [1.807, 2.05) is 56.3 Å². The van der Waals surface area contributed by atoms with Gasteiger partial charge in [-0.3, -0.25) is 14.4 Å². The highest BCUT2D eigenvalue weighted by Crippen LogP contribution is 2.32. The number of carbonyl (C=O) groups excluding carboxylic acids is 1. The molecule has 0 spiro atoms. The standard InChI is InChI=1S/C27H27N3O4.C2HF3O2/c1-16-14-20(18(3)29-22-12-9-13-28-23(22)27(32)30(4)33-5)26-21(15-16)24(31)17(2)25(34-26)19-10-7-6-8-11-19;3-2(4,5)1(6)7/h6-15,18,29H,1-5H3;(H,6,7). The van der Waals surface area contributed by atoms with E-state index >= 15 is 0 Å². The van der Waals surface area contributed by atoms with Crippen LogP contribution in [-0.4, -0.2) is 47.4 Å². The number of aryl methyl sites for hydroxylation is 1. The smallest absolute Gasteiger partial charge is 0.475 e. The summed E-state index contributed by atoms with van der Waals surface area (Å²) in [5, 5.41) is 12.1. The number of benzene rings is 2. The lowest BCUT2D eigenvalue weighted by Gasteiger charge is -2.21. The second-order valence-corrected chi connectivity index (χ2v) is 9.04. The van der Waals surface area contributed by atoms with E-state index < -0.39 is 12.1 Å². The van der Waals surface area contributed by atoms with Gasteiger partial charge in [0.05, 0.1) is 24.2 Å². The number of fused-ring (bicyclic) bond motifs is 1. The molecule has 12 heteroatoms. The van der Waals surface area contributed by atoms with Crippen LogP contribution in [0.5, 0.6) is 0 Å². The maximum absolute atomic E-state index is 13.3. The summed E-state index contributed by atoms with van der Waals surface area (Å²) in [5.41, 5.74) is 4.41. The first-order valence-corrected chi connectivity index (χ1v) is 12.2. The highest BCUT2D eigenvalue weighted by molar-refractivity contribution is 5.97. The van der Waals surface area contributed by atoms with E-state index in [1.54, 1.807) is 25.3 Å². The van der Waals surface area contributed by atoms with Crippen LogP contribution < -0.4 is 10.7 Å². The van der Waals surface area contributed by atoms with Gasteiger partial charge in [0.15, 0.2) is 11.1 Å². The lowest BCUT2D eigenvalue weighted by Crippen LogP contribution is -2.27. The Kier molecular flexibility index (Phi) is 9.51. The molecule has 0 aliphatic heterocycles. The Morgan fingerprint density at radius 2 is 1.73 bits per heavy atom. The fraction of sp³-hybridized carbons (Fsp3) is 0.241. The molecule has 1 atom stereocenters. The fourth-order valence-electron chi connectivity index (χ4n) is 3.99. The molecule has 0 saturated heterocycles. The van der Waals surface area contributed by atoms with Gasteiger partial charge >= 0.3 is 12.1 Å². The molecule has 0 aliphatic carbocycles. The van der Waals surface area contributed by atoms with Gasteiger partial charge < -0.3 is 14.8 Å². The number of hydrogen-bond donors (Lipinski definition) is 2. The number of pyridine rings is 1. The number of amides is 1. The lowest BCUT2D eigenvalue weighted by atomic mass is 9.98. The van der Waals surface area contributed by atoms with E-state index in [0.717, 1.165) is 21.8 Å². The molecule has 2 N–H and O–H groups in total. The van der Waals surface area contributed by atoms with E-state index in [2.05, 4.69) is 10.3 Å². The average molecular weight is 572 g/mol. The first kappa shape index (κ1) is 30.8. The molecule has 2 aromatic carbocycles. The highest BCUT2D eigenvalue weighted by Gasteiger charge is 2.38. The summed E-state index contributed by atoms with van der Waals surface area (Å²) in [5.74, 6) is -2.58. The summed E-state index contributed by atoms with van der Waals surface area (Å²) in [4.78, 5) is 44.2. The minimum Gasteiger partial charge on any atom is -0.475 e. The first-order chi connectivity index (χ1) is 19.3. The molecule has 9 nitrogen and oxygen atoms in total. The quantitative estimate of drug-likeness (QED) is 0.274. The number of aliphatic carboxylic acids is 1. The van der Waals surface area contributed by atoms with Crippen LogP contribution in [0.3, 0.4) is 0 Å². The summed E-state index contributed by atoms with van der Waals surface area (Å²) < 4.78 is 38.1. The first-order valence-electron chi connectivity index (χ1n) is 12.2. The second-order valence-electron chi connectivity index (χ2n) is 9.04. The van der Waals surface area contributed by atoms with Crippen LogP contribution in [0.25, 0.3) is 22.3 Å². The molecule has 0 saturated carbocycles. The van der Waals surface area contributed by atoms with Crippen molar-refractivity contribution in [1.29, 1.82) is 0 Å². The predicted octanol–water partition coefficient (Wildman–Crippen LogP) is 5.91. The van der Waals surface area contributed by atoms with Crippen LogP contribution in [-0.2, 0) is 9.63 Å². The number of halogens is 3. The summed E-state index contributed by atoms with van der Waals surface area (Å²) in [6.07, 6.45) is -3.53. The zero-order chi connectivity index (χ0) is 30.5. The minimum absolute atomic E-state index is 0.0591. The number of hydroxylamine groups is 2. The Morgan fingerprint density at radius 1 is 1.10 bits per heavy atom. The molecule has 4 rings (SSSR count). The number of alkyl halides is 3. The molecular weight excluding hydrogens is 543 g/mol. The molecule has 0 aliphatic rings. The number of carbonyl (C=O) groups is 2. The second kappa shape index (κ2) is 12.6. The number of rotatable bonds is 6. The van der Waals surface area contributed by atoms with Crippen LogP contribution in [0.15, 0.2) is 70.0 Å². The number of anilines is 1. The Morgan fingerprint density at radius 3 is 2.32 bits per heavy atom. The Balaban J connectivity index is 0.000000587. The van der Waals surface area contributed by atoms with E-state index in [0.29, 0.717) is 28.0 Å². The van der Waals surface area contributed by atoms with Gasteiger partial charge in [-0.25, -0.2) is 14.8 Å². The Bertz CT molecular complexity index is 1620. The molecule has 0 fully saturated rings. The summed E-state index contributed by atoms with van der Waals surface area (Å²) in [6.45, 7) is 5.69. The monoisotopic (exact) mass is 571 g/mol. The number of carboxylic acids is 1. The molecule has 0 radical (unpaired) electrons. The Labute approximate surface area is 233 Å². The van der Waals surface area contributed by atoms with Crippen LogP contribution in [0.2, 0.25) is 0 Å². The highest BCUT2D eigenvalue weighted by atomic mass is 19.4. The van der Waals surface area contributed by atoms with Crippen LogP contribution in [0.1, 0.15) is 40.1 Å². The number of aromatic nitrogens is 1. The van der Waals surface area contributed by atoms with Gasteiger partial charge in [0, 0.05) is 29.9 Å². The molecular formula is C29H28F3N3O6. The van der Waals surface area contributed by atoms with Crippen molar-refractivity contribution < 1.29 is 37.1 Å². The maximum Gasteiger partial charge on any atom is 0.490 e. The lowest BCUT2D eigenvalue weighted by molar-refractivity contribution is -0.192. The minimum atomic E-state index is -5.08. The molecule has 41 heavy (non-hydrogen) atoms.